The van der Waals surface area contributed by atoms with E-state index in [4.69, 9.17) is 15.3 Å². The van der Waals surface area contributed by atoms with E-state index in [0.717, 1.165) is 0 Å². The van der Waals surface area contributed by atoms with Gasteiger partial charge in [0.05, 0.1) is 6.54 Å². The number of carbonyl (C=O) groups is 2. The van der Waals surface area contributed by atoms with Crippen LogP contribution in [0, 0.1) is 0 Å². The molecule has 1 aliphatic rings. The predicted octanol–water partition coefficient (Wildman–Crippen LogP) is -0.868. The minimum absolute atomic E-state index is 0.373. The number of aliphatic hydroxyl groups is 1. The van der Waals surface area contributed by atoms with Gasteiger partial charge in [0.2, 0.25) is 0 Å². The van der Waals surface area contributed by atoms with Crippen LogP contribution in [-0.2, 0) is 4.79 Å². The summed E-state index contributed by atoms with van der Waals surface area (Å²) in [7, 11) is 0. The number of aliphatic hydroxyl groups excluding tert-OH is 1. The molecular formula is C6H8FNO5. The van der Waals surface area contributed by atoms with E-state index in [1.807, 2.05) is 0 Å². The minimum atomic E-state index is -1.84. The number of hydrogen-bond acceptors (Lipinski definition) is 3. The number of aliphatic carboxylic acids is 1. The van der Waals surface area contributed by atoms with Crippen molar-refractivity contribution in [2.24, 2.45) is 0 Å². The molecular weight excluding hydrogens is 185 g/mol. The summed E-state index contributed by atoms with van der Waals surface area (Å²) in [5.41, 5.74) is 0. The van der Waals surface area contributed by atoms with Crippen LogP contribution in [0.4, 0.5) is 9.18 Å². The first-order chi connectivity index (χ1) is 5.95. The van der Waals surface area contributed by atoms with Crippen LogP contribution in [0.1, 0.15) is 0 Å². The van der Waals surface area contributed by atoms with Crippen molar-refractivity contribution in [1.82, 2.24) is 4.90 Å². The maximum absolute atomic E-state index is 12.7. The molecule has 13 heavy (non-hydrogen) atoms. The summed E-state index contributed by atoms with van der Waals surface area (Å²) in [4.78, 5) is 21.2. The molecule has 74 valence electrons. The zero-order valence-electron chi connectivity index (χ0n) is 6.42. The van der Waals surface area contributed by atoms with Crippen molar-refractivity contribution in [3.63, 3.8) is 0 Å². The lowest BCUT2D eigenvalue weighted by Gasteiger charge is -2.18. The van der Waals surface area contributed by atoms with E-state index in [9.17, 15) is 14.0 Å². The first-order valence-corrected chi connectivity index (χ1v) is 3.49. The summed E-state index contributed by atoms with van der Waals surface area (Å²) in [6, 6.07) is -1.70. The zero-order valence-corrected chi connectivity index (χ0v) is 6.42. The van der Waals surface area contributed by atoms with E-state index < -0.39 is 36.9 Å². The molecule has 0 radical (unpaired) electrons. The lowest BCUT2D eigenvalue weighted by molar-refractivity contribution is -0.144. The van der Waals surface area contributed by atoms with Gasteiger partial charge in [-0.2, -0.15) is 0 Å². The van der Waals surface area contributed by atoms with Gasteiger partial charge in [-0.1, -0.05) is 0 Å². The summed E-state index contributed by atoms with van der Waals surface area (Å²) in [5.74, 6) is -1.55. The fourth-order valence-electron chi connectivity index (χ4n) is 1.27. The summed E-state index contributed by atoms with van der Waals surface area (Å²) in [6.45, 7) is -0.604. The molecule has 6 nitrogen and oxygen atoms in total. The number of rotatable bonds is 1. The predicted molar refractivity (Wildman–Crippen MR) is 37.1 cm³/mol. The smallest absolute Gasteiger partial charge is 0.408 e. The van der Waals surface area contributed by atoms with Gasteiger partial charge in [0.1, 0.15) is 12.3 Å². The van der Waals surface area contributed by atoms with E-state index in [1.165, 1.54) is 0 Å². The van der Waals surface area contributed by atoms with E-state index in [0.29, 0.717) is 4.90 Å². The van der Waals surface area contributed by atoms with Gasteiger partial charge in [-0.25, -0.2) is 14.0 Å². The number of carboxylic acid groups (broad SMARTS) is 2. The van der Waals surface area contributed by atoms with E-state index in [-0.39, 0.29) is 0 Å². The minimum Gasteiger partial charge on any atom is -0.480 e. The number of carboxylic acids is 1. The van der Waals surface area contributed by atoms with Crippen molar-refractivity contribution >= 4 is 12.1 Å². The lowest BCUT2D eigenvalue weighted by atomic mass is 10.1. The molecule has 7 heteroatoms. The molecule has 1 heterocycles. The van der Waals surface area contributed by atoms with Gasteiger partial charge in [0.25, 0.3) is 0 Å². The number of alkyl halides is 1. The van der Waals surface area contributed by atoms with Crippen molar-refractivity contribution in [2.45, 2.75) is 18.3 Å². The van der Waals surface area contributed by atoms with Gasteiger partial charge in [0.15, 0.2) is 6.04 Å². The van der Waals surface area contributed by atoms with Crippen LogP contribution in [0.25, 0.3) is 0 Å². The third-order valence-electron chi connectivity index (χ3n) is 1.90. The summed E-state index contributed by atoms with van der Waals surface area (Å²) >= 11 is 0. The second-order valence-corrected chi connectivity index (χ2v) is 2.72. The second kappa shape index (κ2) is 3.17. The van der Waals surface area contributed by atoms with Crippen LogP contribution in [0.2, 0.25) is 0 Å². The highest BCUT2D eigenvalue weighted by Crippen LogP contribution is 2.21. The van der Waals surface area contributed by atoms with E-state index >= 15 is 0 Å². The molecule has 0 aromatic heterocycles. The Labute approximate surface area is 72.2 Å². The molecule has 1 saturated heterocycles. The third-order valence-corrected chi connectivity index (χ3v) is 1.90. The Kier molecular flexibility index (Phi) is 2.37. The summed E-state index contributed by atoms with van der Waals surface area (Å²) in [5, 5.41) is 25.9. The molecule has 0 saturated carbocycles. The summed E-state index contributed by atoms with van der Waals surface area (Å²) in [6.07, 6.45) is -5.17. The first kappa shape index (κ1) is 9.72. The molecule has 3 atom stereocenters. The van der Waals surface area contributed by atoms with Crippen molar-refractivity contribution in [3.8, 4) is 0 Å². The van der Waals surface area contributed by atoms with Gasteiger partial charge < -0.3 is 15.3 Å². The molecule has 3 N–H and O–H groups in total. The molecule has 1 amide bonds. The molecule has 0 aliphatic carbocycles. The monoisotopic (exact) mass is 193 g/mol. The second-order valence-electron chi connectivity index (χ2n) is 2.72. The Morgan fingerprint density at radius 1 is 1.38 bits per heavy atom. The number of nitrogens with zero attached hydrogens (tertiary/aromatic N) is 1. The Bertz CT molecular complexity index is 245. The Hall–Kier alpha value is -1.37. The van der Waals surface area contributed by atoms with E-state index in [1.54, 1.807) is 0 Å². The molecule has 1 aliphatic heterocycles. The first-order valence-electron chi connectivity index (χ1n) is 3.49. The maximum atomic E-state index is 12.7. The van der Waals surface area contributed by atoms with Crippen molar-refractivity contribution in [1.29, 1.82) is 0 Å². The highest BCUT2D eigenvalue weighted by Gasteiger charge is 2.47. The summed E-state index contributed by atoms with van der Waals surface area (Å²) < 4.78 is 12.7. The average molecular weight is 193 g/mol. The number of hydrogen-bond donors (Lipinski definition) is 3. The van der Waals surface area contributed by atoms with Crippen LogP contribution in [0.15, 0.2) is 0 Å². The SMILES string of the molecule is O=C(O)[C@@H]1[C@H](O)[C@@H](F)CN1C(=O)O. The number of halogens is 1. The van der Waals surface area contributed by atoms with Crippen LogP contribution in [0.3, 0.4) is 0 Å². The third kappa shape index (κ3) is 1.55. The highest BCUT2D eigenvalue weighted by molar-refractivity contribution is 5.81. The standard InChI is InChI=1S/C6H8FNO5/c7-2-1-8(6(12)13)3(4(2)9)5(10)11/h2-4,9H,1H2,(H,10,11)(H,12,13)/t2-,3-,4+/m0/s1. The fraction of sp³-hybridized carbons (Fsp3) is 0.667. The quantitative estimate of drug-likeness (QED) is 0.503. The maximum Gasteiger partial charge on any atom is 0.408 e. The van der Waals surface area contributed by atoms with Gasteiger partial charge in [-0.15, -0.1) is 0 Å². The van der Waals surface area contributed by atoms with Crippen LogP contribution < -0.4 is 0 Å². The lowest BCUT2D eigenvalue weighted by Crippen LogP contribution is -2.44. The van der Waals surface area contributed by atoms with Crippen molar-refractivity contribution in [2.75, 3.05) is 6.54 Å². The fourth-order valence-corrected chi connectivity index (χ4v) is 1.27. The van der Waals surface area contributed by atoms with Crippen LogP contribution in [0.5, 0.6) is 0 Å². The zero-order chi connectivity index (χ0) is 10.2. The normalized spacial score (nSPS) is 33.4. The molecule has 0 aromatic rings. The number of likely N-dealkylation sites (tertiary alicyclic amines) is 1. The topological polar surface area (TPSA) is 98.1 Å². The van der Waals surface area contributed by atoms with Crippen LogP contribution >= 0.6 is 0 Å². The Morgan fingerprint density at radius 2 is 1.92 bits per heavy atom. The van der Waals surface area contributed by atoms with Crippen molar-refractivity contribution in [3.05, 3.63) is 0 Å². The van der Waals surface area contributed by atoms with Gasteiger partial charge in [-0.3, -0.25) is 4.90 Å². The largest absolute Gasteiger partial charge is 0.480 e. The molecule has 0 aromatic carbocycles. The molecule has 0 unspecified atom stereocenters. The van der Waals surface area contributed by atoms with E-state index in [2.05, 4.69) is 0 Å². The Morgan fingerprint density at radius 3 is 2.23 bits per heavy atom. The molecule has 0 spiro atoms. The van der Waals surface area contributed by atoms with Crippen LogP contribution in [-0.4, -0.2) is 57.1 Å². The van der Waals surface area contributed by atoms with Gasteiger partial charge in [0, 0.05) is 0 Å². The highest BCUT2D eigenvalue weighted by atomic mass is 19.1. The molecule has 0 bridgehead atoms. The Balaban J connectivity index is 2.86. The molecule has 1 rings (SSSR count). The molecule has 1 fully saturated rings. The number of amides is 1. The van der Waals surface area contributed by atoms with Gasteiger partial charge in [-0.05, 0) is 0 Å². The van der Waals surface area contributed by atoms with Gasteiger partial charge >= 0.3 is 12.1 Å². The average Bonchev–Trinajstić information content (AvgIpc) is 2.28. The van der Waals surface area contributed by atoms with Crippen molar-refractivity contribution < 1.29 is 29.3 Å².